The van der Waals surface area contributed by atoms with Crippen molar-refractivity contribution in [2.45, 2.75) is 67.4 Å². The van der Waals surface area contributed by atoms with Crippen LogP contribution in [0.1, 0.15) is 60.8 Å². The van der Waals surface area contributed by atoms with Gasteiger partial charge in [-0.25, -0.2) is 0 Å². The highest BCUT2D eigenvalue weighted by atomic mass is 28.4. The highest BCUT2D eigenvalue weighted by Gasteiger charge is 2.38. The van der Waals surface area contributed by atoms with Gasteiger partial charge in [-0.15, -0.1) is 0 Å². The zero-order valence-corrected chi connectivity index (χ0v) is 16.6. The third-order valence-electron chi connectivity index (χ3n) is 2.72. The molecule has 0 spiro atoms. The Morgan fingerprint density at radius 1 is 0.696 bits per heavy atom. The fourth-order valence-electron chi connectivity index (χ4n) is 1.63. The maximum absolute atomic E-state index is 5.70. The fraction of sp³-hybridized carbons (Fsp3) is 0.625. The van der Waals surface area contributed by atoms with Crippen LogP contribution in [0, 0.1) is 0 Å². The monoisotopic (exact) mass is 343 g/mol. The van der Waals surface area contributed by atoms with Crippen molar-refractivity contribution >= 4 is 8.80 Å². The Morgan fingerprint density at radius 2 is 0.957 bits per heavy atom. The number of hydrogen-bond donors (Lipinski definition) is 3. The van der Waals surface area contributed by atoms with E-state index in [1.807, 2.05) is 39.0 Å². The molecular weight excluding hydrogens is 310 g/mol. The van der Waals surface area contributed by atoms with E-state index < -0.39 is 8.80 Å². The molecule has 0 heterocycles. The zero-order valence-electron chi connectivity index (χ0n) is 15.6. The van der Waals surface area contributed by atoms with Crippen LogP contribution in [-0.4, -0.2) is 8.80 Å². The second-order valence-electron chi connectivity index (χ2n) is 5.36. The molecule has 0 atom stereocenters. The molecule has 6 nitrogen and oxygen atoms in total. The second-order valence-corrected chi connectivity index (χ2v) is 7.70. The quantitative estimate of drug-likeness (QED) is 0.367. The van der Waals surface area contributed by atoms with Crippen molar-refractivity contribution in [3.8, 4) is 0 Å². The van der Waals surface area contributed by atoms with Crippen LogP contribution < -0.4 is 16.4 Å². The zero-order chi connectivity index (χ0) is 17.7. The maximum atomic E-state index is 5.70. The number of hydrogen-bond acceptors (Lipinski definition) is 6. The standard InChI is InChI=1S/C16H33N3O3Si/c1-8-11-14(4)17-20-23(7,21-18-15(5)12-9-2)22-19-16(6)13-10-3/h11-13,17-19H,8-10H2,1-7H3. The lowest BCUT2D eigenvalue weighted by molar-refractivity contribution is -0.0110. The topological polar surface area (TPSA) is 63.8 Å². The van der Waals surface area contributed by atoms with Gasteiger partial charge in [0.1, 0.15) is 0 Å². The Bertz CT molecular complexity index is 363. The van der Waals surface area contributed by atoms with Gasteiger partial charge in [0.2, 0.25) is 0 Å². The van der Waals surface area contributed by atoms with Crippen LogP contribution in [0.15, 0.2) is 35.3 Å². The molecule has 0 aliphatic carbocycles. The first kappa shape index (κ1) is 21.7. The van der Waals surface area contributed by atoms with E-state index in [1.54, 1.807) is 6.55 Å². The van der Waals surface area contributed by atoms with Crippen molar-refractivity contribution in [3.63, 3.8) is 0 Å². The molecule has 0 fully saturated rings. The van der Waals surface area contributed by atoms with Crippen LogP contribution in [0.5, 0.6) is 0 Å². The molecule has 7 heteroatoms. The third kappa shape index (κ3) is 11.0. The Hall–Kier alpha value is -1.28. The Labute approximate surface area is 142 Å². The van der Waals surface area contributed by atoms with Gasteiger partial charge in [-0.1, -0.05) is 39.0 Å². The molecule has 134 valence electrons. The molecule has 0 aromatic heterocycles. The molecule has 0 saturated heterocycles. The molecule has 3 N–H and O–H groups in total. The van der Waals surface area contributed by atoms with Gasteiger partial charge in [0.15, 0.2) is 0 Å². The molecular formula is C16H33N3O3Si. The molecule has 0 radical (unpaired) electrons. The highest BCUT2D eigenvalue weighted by molar-refractivity contribution is 6.58. The smallest absolute Gasteiger partial charge is 0.278 e. The summed E-state index contributed by atoms with van der Waals surface area (Å²) in [6, 6.07) is 0. The lowest BCUT2D eigenvalue weighted by atomic mass is 10.4. The lowest BCUT2D eigenvalue weighted by Gasteiger charge is -2.26. The predicted octanol–water partition coefficient (Wildman–Crippen LogP) is 4.06. The molecule has 0 aromatic carbocycles. The minimum absolute atomic E-state index is 0.917. The SMILES string of the molecule is CCC=C(C)NO[Si](C)(ONC(C)=CCC)ONC(C)=CCC. The van der Waals surface area contributed by atoms with Crippen molar-refractivity contribution in [2.75, 3.05) is 0 Å². The third-order valence-corrected chi connectivity index (χ3v) is 4.14. The number of allylic oxidation sites excluding steroid dienone is 6. The van der Waals surface area contributed by atoms with Gasteiger partial charge in [-0.2, -0.15) is 0 Å². The summed E-state index contributed by atoms with van der Waals surface area (Å²) < 4.78 is 17.1. The molecule has 0 aliphatic rings. The summed E-state index contributed by atoms with van der Waals surface area (Å²) in [4.78, 5) is 0. The normalized spacial score (nSPS) is 16.0. The summed E-state index contributed by atoms with van der Waals surface area (Å²) >= 11 is 0. The van der Waals surface area contributed by atoms with Gasteiger partial charge in [0.05, 0.1) is 0 Å². The van der Waals surface area contributed by atoms with E-state index in [9.17, 15) is 0 Å². The summed E-state index contributed by atoms with van der Waals surface area (Å²) in [5.41, 5.74) is 11.4. The molecule has 0 rings (SSSR count). The van der Waals surface area contributed by atoms with Gasteiger partial charge < -0.3 is 0 Å². The number of rotatable bonds is 12. The number of nitrogens with one attached hydrogen (secondary N) is 3. The molecule has 0 aromatic rings. The van der Waals surface area contributed by atoms with Crippen molar-refractivity contribution in [1.82, 2.24) is 16.4 Å². The van der Waals surface area contributed by atoms with Crippen LogP contribution in [0.4, 0.5) is 0 Å². The van der Waals surface area contributed by atoms with E-state index in [-0.39, 0.29) is 0 Å². The average Bonchev–Trinajstić information content (AvgIpc) is 2.50. The van der Waals surface area contributed by atoms with Crippen molar-refractivity contribution in [3.05, 3.63) is 35.3 Å². The minimum atomic E-state index is -2.98. The van der Waals surface area contributed by atoms with E-state index >= 15 is 0 Å². The average molecular weight is 344 g/mol. The summed E-state index contributed by atoms with van der Waals surface area (Å²) in [6.07, 6.45) is 8.86. The molecule has 0 saturated carbocycles. The first-order chi connectivity index (χ1) is 10.9. The Morgan fingerprint density at radius 3 is 1.17 bits per heavy atom. The number of hydroxylamine groups is 3. The van der Waals surface area contributed by atoms with Crippen molar-refractivity contribution < 1.29 is 13.6 Å². The van der Waals surface area contributed by atoms with E-state index in [4.69, 9.17) is 13.6 Å². The van der Waals surface area contributed by atoms with E-state index in [2.05, 4.69) is 37.2 Å². The fourth-order valence-corrected chi connectivity index (χ4v) is 2.79. The van der Waals surface area contributed by atoms with Crippen LogP contribution in [0.25, 0.3) is 0 Å². The van der Waals surface area contributed by atoms with Crippen molar-refractivity contribution in [2.24, 2.45) is 0 Å². The van der Waals surface area contributed by atoms with E-state index in [0.717, 1.165) is 36.4 Å². The second kappa shape index (κ2) is 12.2. The Kier molecular flexibility index (Phi) is 11.5. The molecule has 23 heavy (non-hydrogen) atoms. The van der Waals surface area contributed by atoms with Gasteiger partial charge in [-0.3, -0.25) is 30.0 Å². The largest absolute Gasteiger partial charge is 0.563 e. The molecule has 0 amide bonds. The van der Waals surface area contributed by atoms with Gasteiger partial charge in [-0.05, 0) is 40.0 Å². The van der Waals surface area contributed by atoms with Gasteiger partial charge in [0, 0.05) is 23.6 Å². The van der Waals surface area contributed by atoms with E-state index in [1.165, 1.54) is 0 Å². The highest BCUT2D eigenvalue weighted by Crippen LogP contribution is 2.08. The van der Waals surface area contributed by atoms with Gasteiger partial charge >= 0.3 is 8.80 Å². The van der Waals surface area contributed by atoms with Gasteiger partial charge in [0.25, 0.3) is 0 Å². The first-order valence-electron chi connectivity index (χ1n) is 8.19. The lowest BCUT2D eigenvalue weighted by Crippen LogP contribution is -2.52. The van der Waals surface area contributed by atoms with Crippen LogP contribution in [0.2, 0.25) is 6.55 Å². The van der Waals surface area contributed by atoms with Crippen molar-refractivity contribution in [1.29, 1.82) is 0 Å². The van der Waals surface area contributed by atoms with Crippen LogP contribution in [-0.2, 0) is 13.6 Å². The summed E-state index contributed by atoms with van der Waals surface area (Å²) in [6.45, 7) is 13.8. The maximum Gasteiger partial charge on any atom is 0.563 e. The first-order valence-corrected chi connectivity index (χ1v) is 10.4. The summed E-state index contributed by atoms with van der Waals surface area (Å²) in [5, 5.41) is 0. The summed E-state index contributed by atoms with van der Waals surface area (Å²) in [7, 11) is -2.98. The predicted molar refractivity (Wildman–Crippen MR) is 96.4 cm³/mol. The van der Waals surface area contributed by atoms with E-state index in [0.29, 0.717) is 0 Å². The van der Waals surface area contributed by atoms with Crippen LogP contribution in [0.3, 0.4) is 0 Å². The summed E-state index contributed by atoms with van der Waals surface area (Å²) in [5.74, 6) is 0. The molecule has 0 aliphatic heterocycles. The Balaban J connectivity index is 4.77. The van der Waals surface area contributed by atoms with Crippen LogP contribution >= 0.6 is 0 Å². The molecule has 0 bridgehead atoms. The molecule has 0 unspecified atom stereocenters. The minimum Gasteiger partial charge on any atom is -0.278 e.